The monoisotopic (exact) mass is 207 g/mol. The summed E-state index contributed by atoms with van der Waals surface area (Å²) in [6.45, 7) is 1.88. The summed E-state index contributed by atoms with van der Waals surface area (Å²) in [7, 11) is 1.25. The van der Waals surface area contributed by atoms with Crippen LogP contribution >= 0.6 is 0 Å². The van der Waals surface area contributed by atoms with Crippen molar-refractivity contribution < 1.29 is 14.3 Å². The van der Waals surface area contributed by atoms with E-state index in [1.165, 1.54) is 7.11 Å². The Bertz CT molecular complexity index is 374. The van der Waals surface area contributed by atoms with Gasteiger partial charge in [0, 0.05) is 5.69 Å². The van der Waals surface area contributed by atoms with Crippen LogP contribution in [-0.4, -0.2) is 19.0 Å². The molecule has 1 amide bonds. The van der Waals surface area contributed by atoms with Crippen LogP contribution in [0.15, 0.2) is 24.3 Å². The standard InChI is InChI=1S/C11H13NO3/c1-8-5-3-4-6-9(8)12-10(13)7-11(14)15-2/h3-6H,7H2,1-2H3,(H,12,13). The smallest absolute Gasteiger partial charge is 0.315 e. The number of methoxy groups -OCH3 is 1. The Kier molecular flexibility index (Phi) is 3.85. The Morgan fingerprint density at radius 1 is 1.33 bits per heavy atom. The molecule has 0 fully saturated rings. The molecule has 1 aromatic carbocycles. The number of para-hydroxylation sites is 1. The zero-order valence-electron chi connectivity index (χ0n) is 8.74. The molecule has 0 aromatic heterocycles. The van der Waals surface area contributed by atoms with E-state index in [9.17, 15) is 9.59 Å². The van der Waals surface area contributed by atoms with Crippen molar-refractivity contribution in [2.24, 2.45) is 0 Å². The van der Waals surface area contributed by atoms with E-state index in [4.69, 9.17) is 0 Å². The molecule has 0 saturated carbocycles. The van der Waals surface area contributed by atoms with Gasteiger partial charge in [0.05, 0.1) is 7.11 Å². The number of hydrogen-bond acceptors (Lipinski definition) is 3. The van der Waals surface area contributed by atoms with Gasteiger partial charge in [-0.15, -0.1) is 0 Å². The van der Waals surface area contributed by atoms with Crippen molar-refractivity contribution in [1.29, 1.82) is 0 Å². The van der Waals surface area contributed by atoms with Gasteiger partial charge in [-0.2, -0.15) is 0 Å². The van der Waals surface area contributed by atoms with Gasteiger partial charge in [0.1, 0.15) is 6.42 Å². The fourth-order valence-corrected chi connectivity index (χ4v) is 1.11. The molecule has 0 atom stereocenters. The van der Waals surface area contributed by atoms with Gasteiger partial charge in [-0.1, -0.05) is 18.2 Å². The molecule has 80 valence electrons. The lowest BCUT2D eigenvalue weighted by Gasteiger charge is -2.06. The van der Waals surface area contributed by atoms with E-state index in [0.717, 1.165) is 5.56 Å². The molecule has 1 N–H and O–H groups in total. The highest BCUT2D eigenvalue weighted by atomic mass is 16.5. The number of rotatable bonds is 3. The van der Waals surface area contributed by atoms with Gasteiger partial charge in [-0.3, -0.25) is 9.59 Å². The summed E-state index contributed by atoms with van der Waals surface area (Å²) in [5, 5.41) is 2.64. The van der Waals surface area contributed by atoms with Gasteiger partial charge in [-0.05, 0) is 18.6 Å². The molecule has 1 rings (SSSR count). The number of hydrogen-bond donors (Lipinski definition) is 1. The van der Waals surface area contributed by atoms with Crippen LogP contribution in [0.1, 0.15) is 12.0 Å². The molecule has 0 aliphatic carbocycles. The summed E-state index contributed by atoms with van der Waals surface area (Å²) in [5.74, 6) is -0.905. The maximum Gasteiger partial charge on any atom is 0.315 e. The third kappa shape index (κ3) is 3.42. The first-order valence-electron chi connectivity index (χ1n) is 4.56. The highest BCUT2D eigenvalue weighted by Gasteiger charge is 2.09. The van der Waals surface area contributed by atoms with E-state index in [-0.39, 0.29) is 12.3 Å². The first kappa shape index (κ1) is 11.2. The SMILES string of the molecule is COC(=O)CC(=O)Nc1ccccc1C. The average molecular weight is 207 g/mol. The predicted octanol–water partition coefficient (Wildman–Crippen LogP) is 1.50. The third-order valence-corrected chi connectivity index (χ3v) is 1.95. The van der Waals surface area contributed by atoms with Crippen molar-refractivity contribution in [3.8, 4) is 0 Å². The van der Waals surface area contributed by atoms with Crippen LogP contribution in [0.3, 0.4) is 0 Å². The van der Waals surface area contributed by atoms with E-state index in [1.807, 2.05) is 25.1 Å². The number of carbonyl (C=O) groups is 2. The normalized spacial score (nSPS) is 9.47. The number of anilines is 1. The van der Waals surface area contributed by atoms with E-state index >= 15 is 0 Å². The van der Waals surface area contributed by atoms with Gasteiger partial charge >= 0.3 is 5.97 Å². The lowest BCUT2D eigenvalue weighted by Crippen LogP contribution is -2.17. The summed E-state index contributed by atoms with van der Waals surface area (Å²) in [6, 6.07) is 7.37. The van der Waals surface area contributed by atoms with Crippen LogP contribution in [0.25, 0.3) is 0 Å². The molecule has 0 spiro atoms. The average Bonchev–Trinajstić information content (AvgIpc) is 2.21. The van der Waals surface area contributed by atoms with Gasteiger partial charge in [0.25, 0.3) is 0 Å². The lowest BCUT2D eigenvalue weighted by molar-refractivity contribution is -0.142. The lowest BCUT2D eigenvalue weighted by atomic mass is 10.2. The van der Waals surface area contributed by atoms with Crippen molar-refractivity contribution in [2.45, 2.75) is 13.3 Å². The number of amides is 1. The number of benzene rings is 1. The molecule has 0 saturated heterocycles. The molecule has 4 nitrogen and oxygen atoms in total. The minimum Gasteiger partial charge on any atom is -0.469 e. The van der Waals surface area contributed by atoms with Crippen molar-refractivity contribution >= 4 is 17.6 Å². The van der Waals surface area contributed by atoms with Crippen molar-refractivity contribution in [3.63, 3.8) is 0 Å². The molecule has 1 aromatic rings. The molecule has 0 radical (unpaired) electrons. The topological polar surface area (TPSA) is 55.4 Å². The third-order valence-electron chi connectivity index (χ3n) is 1.95. The van der Waals surface area contributed by atoms with Crippen LogP contribution in [-0.2, 0) is 14.3 Å². The first-order valence-corrected chi connectivity index (χ1v) is 4.56. The van der Waals surface area contributed by atoms with Gasteiger partial charge in [0.2, 0.25) is 5.91 Å². The minimum atomic E-state index is -0.541. The summed E-state index contributed by atoms with van der Waals surface area (Å²) in [5.41, 5.74) is 1.67. The Morgan fingerprint density at radius 2 is 2.00 bits per heavy atom. The fourth-order valence-electron chi connectivity index (χ4n) is 1.11. The summed E-state index contributed by atoms with van der Waals surface area (Å²) in [6.07, 6.45) is -0.259. The molecular formula is C11H13NO3. The quantitative estimate of drug-likeness (QED) is 0.603. The second-order valence-electron chi connectivity index (χ2n) is 3.12. The molecule has 0 unspecified atom stereocenters. The summed E-state index contributed by atoms with van der Waals surface area (Å²) >= 11 is 0. The van der Waals surface area contributed by atoms with Crippen LogP contribution in [0.5, 0.6) is 0 Å². The summed E-state index contributed by atoms with van der Waals surface area (Å²) < 4.78 is 4.39. The Balaban J connectivity index is 2.59. The maximum absolute atomic E-state index is 11.3. The van der Waals surface area contributed by atoms with Crippen molar-refractivity contribution in [3.05, 3.63) is 29.8 Å². The predicted molar refractivity (Wildman–Crippen MR) is 56.4 cm³/mol. The zero-order chi connectivity index (χ0) is 11.3. The molecule has 0 aliphatic rings. The molecule has 0 heterocycles. The van der Waals surface area contributed by atoms with E-state index in [2.05, 4.69) is 10.1 Å². The molecule has 0 aliphatic heterocycles. The molecule has 0 bridgehead atoms. The first-order chi connectivity index (χ1) is 7.13. The number of aryl methyl sites for hydroxylation is 1. The Morgan fingerprint density at radius 3 is 2.60 bits per heavy atom. The van der Waals surface area contributed by atoms with Gasteiger partial charge < -0.3 is 10.1 Å². The largest absolute Gasteiger partial charge is 0.469 e. The number of ether oxygens (including phenoxy) is 1. The van der Waals surface area contributed by atoms with Gasteiger partial charge in [0.15, 0.2) is 0 Å². The number of esters is 1. The summed E-state index contributed by atoms with van der Waals surface area (Å²) in [4.78, 5) is 22.1. The van der Waals surface area contributed by atoms with Crippen LogP contribution in [0.2, 0.25) is 0 Å². The second kappa shape index (κ2) is 5.14. The maximum atomic E-state index is 11.3. The van der Waals surface area contributed by atoms with E-state index < -0.39 is 5.97 Å². The molecule has 4 heteroatoms. The Labute approximate surface area is 88.2 Å². The Hall–Kier alpha value is -1.84. The highest BCUT2D eigenvalue weighted by Crippen LogP contribution is 2.13. The van der Waals surface area contributed by atoms with Crippen LogP contribution in [0, 0.1) is 6.92 Å². The number of carbonyl (C=O) groups excluding carboxylic acids is 2. The van der Waals surface area contributed by atoms with Crippen molar-refractivity contribution in [2.75, 3.05) is 12.4 Å². The van der Waals surface area contributed by atoms with Gasteiger partial charge in [-0.25, -0.2) is 0 Å². The van der Waals surface area contributed by atoms with E-state index in [1.54, 1.807) is 6.07 Å². The highest BCUT2D eigenvalue weighted by molar-refractivity contribution is 6.02. The van der Waals surface area contributed by atoms with Crippen LogP contribution < -0.4 is 5.32 Å². The molecular weight excluding hydrogens is 194 g/mol. The fraction of sp³-hybridized carbons (Fsp3) is 0.273. The minimum absolute atomic E-state index is 0.259. The van der Waals surface area contributed by atoms with E-state index in [0.29, 0.717) is 5.69 Å². The zero-order valence-corrected chi connectivity index (χ0v) is 8.74. The number of nitrogens with one attached hydrogen (secondary N) is 1. The van der Waals surface area contributed by atoms with Crippen LogP contribution in [0.4, 0.5) is 5.69 Å². The van der Waals surface area contributed by atoms with Crippen molar-refractivity contribution in [1.82, 2.24) is 0 Å². The molecule has 15 heavy (non-hydrogen) atoms. The second-order valence-corrected chi connectivity index (χ2v) is 3.12.